The molecule has 4 rings (SSSR count). The quantitative estimate of drug-likeness (QED) is 0.544. The Morgan fingerprint density at radius 3 is 2.52 bits per heavy atom. The molecule has 0 saturated carbocycles. The van der Waals surface area contributed by atoms with Crippen molar-refractivity contribution < 1.29 is 9.59 Å². The van der Waals surface area contributed by atoms with Gasteiger partial charge in [-0.1, -0.05) is 41.9 Å². The van der Waals surface area contributed by atoms with Crippen LogP contribution in [0, 0.1) is 0 Å². The topological polar surface area (TPSA) is 54.3 Å². The number of fused-ring (bicyclic) bond motifs is 1. The minimum atomic E-state index is -0.376. The number of benzene rings is 2. The summed E-state index contributed by atoms with van der Waals surface area (Å²) in [6, 6.07) is 15.4. The first-order chi connectivity index (χ1) is 13.1. The number of nitrogens with one attached hydrogen (secondary N) is 1. The Labute approximate surface area is 161 Å². The number of likely N-dealkylation sites (N-methyl/N-ethyl adjacent to an activating group) is 1. The van der Waals surface area contributed by atoms with Gasteiger partial charge in [-0.25, -0.2) is 4.79 Å². The van der Waals surface area contributed by atoms with E-state index in [-0.39, 0.29) is 11.9 Å². The van der Waals surface area contributed by atoms with Crippen LogP contribution < -0.4 is 5.32 Å². The molecule has 0 radical (unpaired) electrons. The molecule has 0 spiro atoms. The number of halogens is 1. The number of urea groups is 1. The van der Waals surface area contributed by atoms with Gasteiger partial charge in [0.15, 0.2) is 0 Å². The van der Waals surface area contributed by atoms with Crippen LogP contribution >= 0.6 is 11.6 Å². The van der Waals surface area contributed by atoms with E-state index in [0.29, 0.717) is 23.8 Å². The number of hydrogen-bond acceptors (Lipinski definition) is 2. The zero-order chi connectivity index (χ0) is 19.0. The summed E-state index contributed by atoms with van der Waals surface area (Å²) < 4.78 is 2.13. The van der Waals surface area contributed by atoms with Crippen LogP contribution in [0.5, 0.6) is 0 Å². The maximum absolute atomic E-state index is 12.4. The Morgan fingerprint density at radius 1 is 1.07 bits per heavy atom. The lowest BCUT2D eigenvalue weighted by molar-refractivity contribution is -0.122. The highest BCUT2D eigenvalue weighted by atomic mass is 35.5. The predicted molar refractivity (Wildman–Crippen MR) is 106 cm³/mol. The number of imide groups is 1. The zero-order valence-corrected chi connectivity index (χ0v) is 15.5. The van der Waals surface area contributed by atoms with Crippen LogP contribution in [0.4, 0.5) is 4.79 Å². The predicted octanol–water partition coefficient (Wildman–Crippen LogP) is 4.26. The normalized spacial score (nSPS) is 15.8. The zero-order valence-electron chi connectivity index (χ0n) is 14.8. The molecule has 1 aliphatic heterocycles. The summed E-state index contributed by atoms with van der Waals surface area (Å²) >= 11 is 5.97. The van der Waals surface area contributed by atoms with Crippen molar-refractivity contribution in [1.82, 2.24) is 14.8 Å². The molecule has 3 aromatic rings. The van der Waals surface area contributed by atoms with Crippen LogP contribution in [0.1, 0.15) is 18.1 Å². The molecule has 136 valence electrons. The molecular formula is C21H18ClN3O2. The lowest BCUT2D eigenvalue weighted by atomic mass is 10.1. The molecule has 1 aliphatic rings. The van der Waals surface area contributed by atoms with Gasteiger partial charge >= 0.3 is 6.03 Å². The van der Waals surface area contributed by atoms with E-state index in [0.717, 1.165) is 22.0 Å². The van der Waals surface area contributed by atoms with Gasteiger partial charge in [0.05, 0.1) is 0 Å². The molecule has 3 amide bonds. The lowest BCUT2D eigenvalue weighted by Crippen LogP contribution is -2.30. The Hall–Kier alpha value is -3.05. The first-order valence-electron chi connectivity index (χ1n) is 8.73. The van der Waals surface area contributed by atoms with E-state index in [1.165, 1.54) is 4.90 Å². The molecule has 6 heteroatoms. The Balaban J connectivity index is 1.74. The number of nitrogens with zero attached hydrogens (tertiary/aromatic N) is 2. The molecule has 0 aliphatic carbocycles. The maximum atomic E-state index is 12.4. The standard InChI is InChI=1S/C21H18ClN3O2/c1-2-25-20(26)18(23-21(25)27)11-15-13-24(19-6-4-3-5-17(15)19)12-14-7-9-16(22)10-8-14/h3-11,13H,2,12H2,1H3,(H,23,27)/b18-11+. The van der Waals surface area contributed by atoms with Gasteiger partial charge in [0.2, 0.25) is 0 Å². The highest BCUT2D eigenvalue weighted by molar-refractivity contribution is 6.30. The number of hydrogen-bond donors (Lipinski definition) is 1. The number of aromatic nitrogens is 1. The van der Waals surface area contributed by atoms with Crippen LogP contribution in [-0.4, -0.2) is 28.0 Å². The fourth-order valence-electron chi connectivity index (χ4n) is 3.32. The van der Waals surface area contributed by atoms with Crippen molar-refractivity contribution in [2.45, 2.75) is 13.5 Å². The third-order valence-electron chi connectivity index (χ3n) is 4.66. The second kappa shape index (κ2) is 6.93. The average Bonchev–Trinajstić information content (AvgIpc) is 3.14. The van der Waals surface area contributed by atoms with Gasteiger partial charge in [-0.3, -0.25) is 9.69 Å². The first kappa shape index (κ1) is 17.4. The first-order valence-corrected chi connectivity index (χ1v) is 9.11. The largest absolute Gasteiger partial charge is 0.342 e. The van der Waals surface area contributed by atoms with Gasteiger partial charge in [-0.2, -0.15) is 0 Å². The van der Waals surface area contributed by atoms with E-state index in [4.69, 9.17) is 11.6 Å². The summed E-state index contributed by atoms with van der Waals surface area (Å²) in [4.78, 5) is 25.5. The highest BCUT2D eigenvalue weighted by Gasteiger charge is 2.32. The number of para-hydroxylation sites is 1. The molecule has 5 nitrogen and oxygen atoms in total. The summed E-state index contributed by atoms with van der Waals surface area (Å²) in [7, 11) is 0. The summed E-state index contributed by atoms with van der Waals surface area (Å²) in [5, 5.41) is 4.39. The van der Waals surface area contributed by atoms with E-state index in [9.17, 15) is 9.59 Å². The van der Waals surface area contributed by atoms with Gasteiger partial charge in [0.1, 0.15) is 5.70 Å². The van der Waals surface area contributed by atoms with Crippen LogP contribution in [0.25, 0.3) is 17.0 Å². The number of carbonyl (C=O) groups excluding carboxylic acids is 2. The molecule has 1 N–H and O–H groups in total. The van der Waals surface area contributed by atoms with E-state index >= 15 is 0 Å². The van der Waals surface area contributed by atoms with Gasteiger partial charge in [-0.05, 0) is 36.8 Å². The second-order valence-corrected chi connectivity index (χ2v) is 6.83. The summed E-state index contributed by atoms with van der Waals surface area (Å²) in [6.45, 7) is 2.81. The van der Waals surface area contributed by atoms with Crippen molar-refractivity contribution in [3.63, 3.8) is 0 Å². The Morgan fingerprint density at radius 2 is 1.81 bits per heavy atom. The van der Waals surface area contributed by atoms with Crippen molar-refractivity contribution in [1.29, 1.82) is 0 Å². The SMILES string of the molecule is CCN1C(=O)N/C(=C/c2cn(Cc3ccc(Cl)cc3)c3ccccc23)C1=O. The Bertz CT molecular complexity index is 1070. The van der Waals surface area contributed by atoms with Crippen LogP contribution in [-0.2, 0) is 11.3 Å². The molecule has 0 atom stereocenters. The molecule has 0 bridgehead atoms. The van der Waals surface area contributed by atoms with Gasteiger partial charge < -0.3 is 9.88 Å². The van der Waals surface area contributed by atoms with Crippen molar-refractivity contribution in [2.24, 2.45) is 0 Å². The van der Waals surface area contributed by atoms with E-state index in [2.05, 4.69) is 9.88 Å². The fourth-order valence-corrected chi connectivity index (χ4v) is 3.45. The van der Waals surface area contributed by atoms with E-state index in [1.807, 2.05) is 54.7 Å². The lowest BCUT2D eigenvalue weighted by Gasteiger charge is -2.06. The number of amides is 3. The molecular weight excluding hydrogens is 362 g/mol. The summed E-state index contributed by atoms with van der Waals surface area (Å²) in [5.41, 5.74) is 3.38. The minimum Gasteiger partial charge on any atom is -0.342 e. The van der Waals surface area contributed by atoms with Crippen molar-refractivity contribution in [3.05, 3.63) is 76.6 Å². The van der Waals surface area contributed by atoms with Crippen LogP contribution in [0.3, 0.4) is 0 Å². The Kier molecular flexibility index (Phi) is 4.46. The van der Waals surface area contributed by atoms with Crippen LogP contribution in [0.2, 0.25) is 5.02 Å². The molecule has 2 aromatic carbocycles. The van der Waals surface area contributed by atoms with Crippen molar-refractivity contribution in [3.8, 4) is 0 Å². The number of rotatable bonds is 4. The van der Waals surface area contributed by atoms with Crippen LogP contribution in [0.15, 0.2) is 60.4 Å². The smallest absolute Gasteiger partial charge is 0.328 e. The second-order valence-electron chi connectivity index (χ2n) is 6.39. The van der Waals surface area contributed by atoms with Gasteiger partial charge in [0.25, 0.3) is 5.91 Å². The van der Waals surface area contributed by atoms with E-state index in [1.54, 1.807) is 13.0 Å². The number of carbonyl (C=O) groups is 2. The average molecular weight is 380 g/mol. The third-order valence-corrected chi connectivity index (χ3v) is 4.92. The molecule has 1 saturated heterocycles. The minimum absolute atomic E-state index is 0.294. The fraction of sp³-hybridized carbons (Fsp3) is 0.143. The van der Waals surface area contributed by atoms with Crippen molar-refractivity contribution >= 4 is 40.5 Å². The molecule has 27 heavy (non-hydrogen) atoms. The molecule has 2 heterocycles. The molecule has 0 unspecified atom stereocenters. The summed E-state index contributed by atoms with van der Waals surface area (Å²) in [5.74, 6) is -0.294. The highest BCUT2D eigenvalue weighted by Crippen LogP contribution is 2.25. The molecule has 1 fully saturated rings. The van der Waals surface area contributed by atoms with Crippen molar-refractivity contribution in [2.75, 3.05) is 6.54 Å². The third kappa shape index (κ3) is 3.22. The monoisotopic (exact) mass is 379 g/mol. The van der Waals surface area contributed by atoms with E-state index < -0.39 is 0 Å². The molecule has 1 aromatic heterocycles. The summed E-state index contributed by atoms with van der Waals surface area (Å²) in [6.07, 6.45) is 3.75. The van der Waals surface area contributed by atoms with Gasteiger partial charge in [-0.15, -0.1) is 0 Å². The van der Waals surface area contributed by atoms with Gasteiger partial charge in [0, 0.05) is 40.8 Å². The maximum Gasteiger partial charge on any atom is 0.328 e.